The molecule has 0 radical (unpaired) electrons. The number of piperidine rings is 1. The van der Waals surface area contributed by atoms with Crippen molar-refractivity contribution in [2.75, 3.05) is 31.6 Å². The highest BCUT2D eigenvalue weighted by molar-refractivity contribution is 7.87. The van der Waals surface area contributed by atoms with E-state index in [1.165, 1.54) is 6.07 Å². The van der Waals surface area contributed by atoms with E-state index in [2.05, 4.69) is 19.1 Å². The van der Waals surface area contributed by atoms with Crippen molar-refractivity contribution in [3.8, 4) is 11.9 Å². The lowest BCUT2D eigenvalue weighted by molar-refractivity contribution is -0.0502. The number of nitrogens with zero attached hydrogens (tertiary/aromatic N) is 4. The third-order valence-electron chi connectivity index (χ3n) is 6.98. The first-order valence-electron chi connectivity index (χ1n) is 12.2. The number of likely N-dealkylation sites (N-methyl/N-ethyl adjacent to an activating group) is 1. The predicted octanol–water partition coefficient (Wildman–Crippen LogP) is 4.42. The molecule has 2 aliphatic rings. The number of benzene rings is 2. The monoisotopic (exact) mass is 554 g/mol. The van der Waals surface area contributed by atoms with Gasteiger partial charge in [-0.1, -0.05) is 30.7 Å². The normalized spacial score (nSPS) is 18.9. The molecule has 5 rings (SSSR count). The van der Waals surface area contributed by atoms with E-state index in [0.717, 1.165) is 25.8 Å². The first-order valence-corrected chi connectivity index (χ1v) is 13.6. The largest absolute Gasteiger partial charge is 0.534 e. The van der Waals surface area contributed by atoms with Crippen molar-refractivity contribution in [2.45, 2.75) is 43.8 Å². The molecule has 1 atom stereocenters. The van der Waals surface area contributed by atoms with Gasteiger partial charge >= 0.3 is 21.6 Å². The van der Waals surface area contributed by atoms with E-state index < -0.39 is 27.3 Å². The fraction of sp³-hybridized carbons (Fsp3) is 0.440. The molecule has 0 amide bonds. The van der Waals surface area contributed by atoms with Crippen molar-refractivity contribution in [3.05, 3.63) is 53.5 Å². The van der Waals surface area contributed by atoms with Crippen molar-refractivity contribution in [2.24, 2.45) is 0 Å². The number of anilines is 1. The first kappa shape index (κ1) is 26.4. The summed E-state index contributed by atoms with van der Waals surface area (Å²) in [6.45, 7) is 1.37. The number of likely N-dealkylation sites (tertiary alicyclic amines) is 1. The van der Waals surface area contributed by atoms with Gasteiger partial charge in [-0.15, -0.1) is 0 Å². The van der Waals surface area contributed by atoms with Gasteiger partial charge in [0.05, 0.1) is 12.2 Å². The number of fused-ring (bicyclic) bond motifs is 2. The second-order valence-electron chi connectivity index (χ2n) is 9.45. The summed E-state index contributed by atoms with van der Waals surface area (Å²) in [6, 6.07) is 9.84. The first-order chi connectivity index (χ1) is 18.0. The number of hydrogen-bond donors (Lipinski definition) is 0. The van der Waals surface area contributed by atoms with E-state index in [-0.39, 0.29) is 49.4 Å². The van der Waals surface area contributed by atoms with Gasteiger partial charge in [0.15, 0.2) is 0 Å². The Morgan fingerprint density at radius 2 is 1.84 bits per heavy atom. The van der Waals surface area contributed by atoms with Crippen LogP contribution >= 0.6 is 0 Å². The van der Waals surface area contributed by atoms with Crippen molar-refractivity contribution >= 4 is 26.6 Å². The summed E-state index contributed by atoms with van der Waals surface area (Å²) in [6.07, 6.45) is 3.01. The standard InChI is InChI=1S/C25H26F4N4O4S/c1-32-12-3-2-8-17(32)15-36-24-30-20-14-33(21-10-5-7-16-6-4-9-19(26)22(16)21)13-11-18(20)23(31-24)37-38(34,35)25(27,28)29/h4-7,9-10,17H,2-3,8,11-15H2,1H3/t17-/m0/s1. The smallest absolute Gasteiger partial charge is 0.462 e. The second-order valence-corrected chi connectivity index (χ2v) is 11.0. The van der Waals surface area contributed by atoms with Gasteiger partial charge in [-0.05, 0) is 50.4 Å². The van der Waals surface area contributed by atoms with Crippen LogP contribution < -0.4 is 13.8 Å². The maximum atomic E-state index is 14.8. The van der Waals surface area contributed by atoms with Gasteiger partial charge in [-0.25, -0.2) is 4.39 Å². The van der Waals surface area contributed by atoms with Crippen LogP contribution in [0.1, 0.15) is 30.5 Å². The Bertz CT molecular complexity index is 1450. The molecule has 1 fully saturated rings. The molecule has 13 heteroatoms. The quantitative estimate of drug-likeness (QED) is 0.252. The number of alkyl halides is 3. The van der Waals surface area contributed by atoms with Gasteiger partial charge in [-0.3, -0.25) is 0 Å². The number of rotatable bonds is 6. The molecule has 3 heterocycles. The van der Waals surface area contributed by atoms with Crippen molar-refractivity contribution in [1.82, 2.24) is 14.9 Å². The highest BCUT2D eigenvalue weighted by Gasteiger charge is 2.49. The molecular weight excluding hydrogens is 528 g/mol. The molecule has 0 aliphatic carbocycles. The van der Waals surface area contributed by atoms with E-state index >= 15 is 0 Å². The third kappa shape index (κ3) is 5.21. The lowest BCUT2D eigenvalue weighted by atomic mass is 10.0. The van der Waals surface area contributed by atoms with E-state index in [1.54, 1.807) is 30.3 Å². The maximum absolute atomic E-state index is 14.8. The summed E-state index contributed by atoms with van der Waals surface area (Å²) in [5, 5.41) is 1.09. The fourth-order valence-electron chi connectivity index (χ4n) is 4.93. The van der Waals surface area contributed by atoms with E-state index in [1.807, 2.05) is 11.9 Å². The highest BCUT2D eigenvalue weighted by Crippen LogP contribution is 2.36. The summed E-state index contributed by atoms with van der Waals surface area (Å²) < 4.78 is 88.0. The molecule has 2 aromatic carbocycles. The Morgan fingerprint density at radius 1 is 1.08 bits per heavy atom. The molecule has 1 saturated heterocycles. The summed E-state index contributed by atoms with van der Waals surface area (Å²) in [7, 11) is -4.01. The van der Waals surface area contributed by atoms with Gasteiger partial charge in [-0.2, -0.15) is 31.6 Å². The fourth-order valence-corrected chi connectivity index (χ4v) is 5.37. The molecule has 38 heavy (non-hydrogen) atoms. The maximum Gasteiger partial charge on any atom is 0.534 e. The van der Waals surface area contributed by atoms with Gasteiger partial charge in [0.2, 0.25) is 5.88 Å². The van der Waals surface area contributed by atoms with E-state index in [9.17, 15) is 26.0 Å². The summed E-state index contributed by atoms with van der Waals surface area (Å²) in [4.78, 5) is 12.3. The van der Waals surface area contributed by atoms with Crippen molar-refractivity contribution in [1.29, 1.82) is 0 Å². The summed E-state index contributed by atoms with van der Waals surface area (Å²) >= 11 is 0. The minimum atomic E-state index is -5.96. The average molecular weight is 555 g/mol. The molecule has 204 valence electrons. The van der Waals surface area contributed by atoms with Gasteiger partial charge < -0.3 is 18.7 Å². The van der Waals surface area contributed by atoms with Crippen LogP contribution in [-0.4, -0.2) is 61.6 Å². The van der Waals surface area contributed by atoms with Crippen LogP contribution in [-0.2, 0) is 23.1 Å². The lowest BCUT2D eigenvalue weighted by Gasteiger charge is -2.33. The van der Waals surface area contributed by atoms with Gasteiger partial charge in [0.25, 0.3) is 0 Å². The molecule has 0 bridgehead atoms. The van der Waals surface area contributed by atoms with E-state index in [0.29, 0.717) is 16.5 Å². The Labute approximate surface area is 217 Å². The molecule has 8 nitrogen and oxygen atoms in total. The minimum absolute atomic E-state index is 0.0572. The van der Waals surface area contributed by atoms with Crippen LogP contribution in [0.4, 0.5) is 23.2 Å². The zero-order valence-corrected chi connectivity index (χ0v) is 21.4. The van der Waals surface area contributed by atoms with Crippen LogP contribution in [0.2, 0.25) is 0 Å². The van der Waals surface area contributed by atoms with Crippen LogP contribution in [0.15, 0.2) is 36.4 Å². The van der Waals surface area contributed by atoms with Crippen molar-refractivity contribution in [3.63, 3.8) is 0 Å². The summed E-state index contributed by atoms with van der Waals surface area (Å²) in [5.41, 5.74) is -4.66. The van der Waals surface area contributed by atoms with Crippen LogP contribution in [0, 0.1) is 5.82 Å². The average Bonchev–Trinajstić information content (AvgIpc) is 2.87. The topological polar surface area (TPSA) is 84.9 Å². The zero-order valence-electron chi connectivity index (χ0n) is 20.5. The van der Waals surface area contributed by atoms with Gasteiger partial charge in [0.1, 0.15) is 12.4 Å². The number of aromatic nitrogens is 2. The lowest BCUT2D eigenvalue weighted by Crippen LogP contribution is -2.40. The minimum Gasteiger partial charge on any atom is -0.462 e. The van der Waals surface area contributed by atoms with Crippen LogP contribution in [0.5, 0.6) is 11.9 Å². The Balaban J connectivity index is 1.50. The Kier molecular flexibility index (Phi) is 7.07. The molecule has 2 aliphatic heterocycles. The Morgan fingerprint density at radius 3 is 2.58 bits per heavy atom. The third-order valence-corrected chi connectivity index (χ3v) is 7.92. The predicted molar refractivity (Wildman–Crippen MR) is 132 cm³/mol. The molecular formula is C25H26F4N4O4S. The van der Waals surface area contributed by atoms with Gasteiger partial charge in [0, 0.05) is 29.2 Å². The molecule has 3 aromatic rings. The SMILES string of the molecule is CN1CCCC[C@H]1COc1nc2c(c(OS(=O)(=O)C(F)(F)F)n1)CCN(c1cccc3cccc(F)c13)C2. The van der Waals surface area contributed by atoms with Crippen LogP contribution in [0.3, 0.4) is 0 Å². The molecule has 0 unspecified atom stereocenters. The van der Waals surface area contributed by atoms with Crippen molar-refractivity contribution < 1.29 is 34.9 Å². The molecule has 1 aromatic heterocycles. The molecule has 0 N–H and O–H groups in total. The Hall–Kier alpha value is -3.19. The zero-order chi connectivity index (χ0) is 27.1. The summed E-state index contributed by atoms with van der Waals surface area (Å²) in [5.74, 6) is -1.12. The second kappa shape index (κ2) is 10.2. The number of hydrogen-bond acceptors (Lipinski definition) is 8. The number of ether oxygens (including phenoxy) is 1. The number of halogens is 4. The van der Waals surface area contributed by atoms with Crippen LogP contribution in [0.25, 0.3) is 10.8 Å². The highest BCUT2D eigenvalue weighted by atomic mass is 32.2. The molecule has 0 spiro atoms. The van der Waals surface area contributed by atoms with E-state index in [4.69, 9.17) is 4.74 Å². The molecule has 0 saturated carbocycles.